The maximum Gasteiger partial charge on any atom is 0.339 e. The van der Waals surface area contributed by atoms with Crippen LogP contribution in [-0.4, -0.2) is 19.5 Å². The number of fused-ring (bicyclic) bond motifs is 3. The molecule has 4 aromatic rings. The quantitative estimate of drug-likeness (QED) is 0.527. The van der Waals surface area contributed by atoms with Crippen molar-refractivity contribution in [2.24, 2.45) is 0 Å². The fourth-order valence-electron chi connectivity index (χ4n) is 2.93. The standard InChI is InChI=1S/C20H14O6S/c1-12-6-7-13(20(21)22)10-19(12)27(23,24)26-14-8-9-18-16(11-14)15-4-2-3-5-17(15)25-18/h2-11H,1H3,(H,21,22). The van der Waals surface area contributed by atoms with Gasteiger partial charge >= 0.3 is 16.1 Å². The number of hydrogen-bond acceptors (Lipinski definition) is 5. The molecule has 0 amide bonds. The minimum absolute atomic E-state index is 0.120. The molecule has 0 fully saturated rings. The van der Waals surface area contributed by atoms with Gasteiger partial charge in [-0.2, -0.15) is 8.42 Å². The lowest BCUT2D eigenvalue weighted by molar-refractivity contribution is 0.0696. The molecule has 0 saturated heterocycles. The van der Waals surface area contributed by atoms with Crippen LogP contribution in [0.5, 0.6) is 5.75 Å². The van der Waals surface area contributed by atoms with Crippen molar-refractivity contribution in [2.75, 3.05) is 0 Å². The minimum Gasteiger partial charge on any atom is -0.478 e. The SMILES string of the molecule is Cc1ccc(C(=O)O)cc1S(=O)(=O)Oc1ccc2oc3ccccc3c2c1. The molecule has 1 heterocycles. The van der Waals surface area contributed by atoms with E-state index in [-0.39, 0.29) is 16.2 Å². The Balaban J connectivity index is 1.78. The van der Waals surface area contributed by atoms with Gasteiger partial charge in [-0.25, -0.2) is 4.79 Å². The predicted octanol–water partition coefficient (Wildman–Crippen LogP) is 4.36. The molecule has 0 aliphatic carbocycles. The third-order valence-corrected chi connectivity index (χ3v) is 5.65. The minimum atomic E-state index is -4.20. The number of carboxylic acid groups (broad SMARTS) is 1. The number of carboxylic acids is 1. The Morgan fingerprint density at radius 3 is 2.48 bits per heavy atom. The number of aromatic carboxylic acids is 1. The Morgan fingerprint density at radius 2 is 1.70 bits per heavy atom. The summed E-state index contributed by atoms with van der Waals surface area (Å²) in [5, 5.41) is 10.7. The smallest absolute Gasteiger partial charge is 0.339 e. The van der Waals surface area contributed by atoms with E-state index >= 15 is 0 Å². The molecule has 0 radical (unpaired) electrons. The van der Waals surface area contributed by atoms with Crippen molar-refractivity contribution in [2.45, 2.75) is 11.8 Å². The van der Waals surface area contributed by atoms with E-state index in [1.807, 2.05) is 24.3 Å². The van der Waals surface area contributed by atoms with E-state index in [0.717, 1.165) is 16.8 Å². The maximum absolute atomic E-state index is 12.7. The van der Waals surface area contributed by atoms with Gasteiger partial charge in [0.15, 0.2) is 0 Å². The first-order chi connectivity index (χ1) is 12.8. The Bertz CT molecular complexity index is 1300. The molecule has 27 heavy (non-hydrogen) atoms. The highest BCUT2D eigenvalue weighted by molar-refractivity contribution is 7.87. The summed E-state index contributed by atoms with van der Waals surface area (Å²) in [5.41, 5.74) is 1.58. The summed E-state index contributed by atoms with van der Waals surface area (Å²) in [4.78, 5) is 11.0. The zero-order valence-corrected chi connectivity index (χ0v) is 15.0. The van der Waals surface area contributed by atoms with E-state index in [0.29, 0.717) is 16.7 Å². The second kappa shape index (κ2) is 6.14. The van der Waals surface area contributed by atoms with Gasteiger partial charge in [0, 0.05) is 10.8 Å². The number of aryl methyl sites for hydroxylation is 1. The van der Waals surface area contributed by atoms with Crippen molar-refractivity contribution in [3.63, 3.8) is 0 Å². The predicted molar refractivity (Wildman–Crippen MR) is 99.7 cm³/mol. The first-order valence-corrected chi connectivity index (χ1v) is 9.46. The van der Waals surface area contributed by atoms with Crippen molar-refractivity contribution < 1.29 is 26.9 Å². The number of benzene rings is 3. The van der Waals surface area contributed by atoms with Crippen molar-refractivity contribution >= 4 is 38.0 Å². The summed E-state index contributed by atoms with van der Waals surface area (Å²) >= 11 is 0. The third-order valence-electron chi connectivity index (χ3n) is 4.26. The van der Waals surface area contributed by atoms with Crippen LogP contribution in [0.3, 0.4) is 0 Å². The molecule has 4 rings (SSSR count). The van der Waals surface area contributed by atoms with Crippen LogP contribution in [0.1, 0.15) is 15.9 Å². The average Bonchev–Trinajstić information content (AvgIpc) is 2.99. The first kappa shape index (κ1) is 17.1. The Hall–Kier alpha value is -3.32. The molecule has 0 spiro atoms. The molecule has 0 unspecified atom stereocenters. The second-order valence-electron chi connectivity index (χ2n) is 6.08. The van der Waals surface area contributed by atoms with Crippen LogP contribution in [0, 0.1) is 6.92 Å². The van der Waals surface area contributed by atoms with Crippen LogP contribution in [0.4, 0.5) is 0 Å². The van der Waals surface area contributed by atoms with Gasteiger partial charge in [-0.1, -0.05) is 24.3 Å². The van der Waals surface area contributed by atoms with Crippen molar-refractivity contribution in [3.05, 3.63) is 71.8 Å². The van der Waals surface area contributed by atoms with E-state index < -0.39 is 16.1 Å². The first-order valence-electron chi connectivity index (χ1n) is 8.05. The Morgan fingerprint density at radius 1 is 0.963 bits per heavy atom. The van der Waals surface area contributed by atoms with Crippen LogP contribution < -0.4 is 4.18 Å². The van der Waals surface area contributed by atoms with Crippen molar-refractivity contribution in [1.29, 1.82) is 0 Å². The summed E-state index contributed by atoms with van der Waals surface area (Å²) in [6.07, 6.45) is 0. The van der Waals surface area contributed by atoms with E-state index in [4.69, 9.17) is 13.7 Å². The molecular weight excluding hydrogens is 368 g/mol. The number of furan rings is 1. The van der Waals surface area contributed by atoms with E-state index in [9.17, 15) is 13.2 Å². The van der Waals surface area contributed by atoms with Gasteiger partial charge < -0.3 is 13.7 Å². The second-order valence-corrected chi connectivity index (χ2v) is 7.59. The van der Waals surface area contributed by atoms with Gasteiger partial charge in [0.1, 0.15) is 21.8 Å². The van der Waals surface area contributed by atoms with Gasteiger partial charge in [-0.05, 0) is 48.9 Å². The molecule has 3 aromatic carbocycles. The van der Waals surface area contributed by atoms with Crippen LogP contribution in [-0.2, 0) is 10.1 Å². The lowest BCUT2D eigenvalue weighted by Crippen LogP contribution is -2.12. The summed E-state index contributed by atoms with van der Waals surface area (Å²) in [5.74, 6) is -1.09. The zero-order chi connectivity index (χ0) is 19.2. The highest BCUT2D eigenvalue weighted by atomic mass is 32.2. The lowest BCUT2D eigenvalue weighted by Gasteiger charge is -2.10. The monoisotopic (exact) mass is 382 g/mol. The van der Waals surface area contributed by atoms with Crippen molar-refractivity contribution in [1.82, 2.24) is 0 Å². The van der Waals surface area contributed by atoms with Crippen molar-refractivity contribution in [3.8, 4) is 5.75 Å². The van der Waals surface area contributed by atoms with Crippen LogP contribution in [0.2, 0.25) is 0 Å². The van der Waals surface area contributed by atoms with E-state index in [2.05, 4.69) is 0 Å². The van der Waals surface area contributed by atoms with Gasteiger partial charge in [0.05, 0.1) is 5.56 Å². The molecule has 0 saturated carbocycles. The Kier molecular flexibility index (Phi) is 3.89. The normalized spacial score (nSPS) is 11.7. The van der Waals surface area contributed by atoms with Gasteiger partial charge in [-0.15, -0.1) is 0 Å². The number of para-hydroxylation sites is 1. The number of carbonyl (C=O) groups is 1. The summed E-state index contributed by atoms with van der Waals surface area (Å²) in [7, 11) is -4.20. The highest BCUT2D eigenvalue weighted by Crippen LogP contribution is 2.32. The summed E-state index contributed by atoms with van der Waals surface area (Å²) in [6, 6.07) is 16.0. The molecule has 6 nitrogen and oxygen atoms in total. The fraction of sp³-hybridized carbons (Fsp3) is 0.0500. The molecule has 7 heteroatoms. The molecule has 136 valence electrons. The van der Waals surface area contributed by atoms with Crippen LogP contribution >= 0.6 is 0 Å². The highest BCUT2D eigenvalue weighted by Gasteiger charge is 2.22. The zero-order valence-electron chi connectivity index (χ0n) is 14.2. The lowest BCUT2D eigenvalue weighted by atomic mass is 10.1. The van der Waals surface area contributed by atoms with E-state index in [1.54, 1.807) is 19.1 Å². The van der Waals surface area contributed by atoms with Gasteiger partial charge in [0.2, 0.25) is 0 Å². The number of rotatable bonds is 4. The van der Waals surface area contributed by atoms with Crippen LogP contribution in [0.25, 0.3) is 21.9 Å². The summed E-state index contributed by atoms with van der Waals surface area (Å²) < 4.78 is 36.4. The Labute approximate surface area is 154 Å². The molecule has 1 N–H and O–H groups in total. The topological polar surface area (TPSA) is 93.8 Å². The fourth-order valence-corrected chi connectivity index (χ4v) is 4.11. The summed E-state index contributed by atoms with van der Waals surface area (Å²) in [6.45, 7) is 1.58. The number of hydrogen-bond donors (Lipinski definition) is 1. The van der Waals surface area contributed by atoms with Gasteiger partial charge in [0.25, 0.3) is 0 Å². The maximum atomic E-state index is 12.7. The average molecular weight is 382 g/mol. The molecule has 0 aliphatic rings. The van der Waals surface area contributed by atoms with E-state index in [1.165, 1.54) is 18.2 Å². The van der Waals surface area contributed by atoms with Crippen LogP contribution in [0.15, 0.2) is 70.0 Å². The molecule has 1 aromatic heterocycles. The molecule has 0 aliphatic heterocycles. The third kappa shape index (κ3) is 3.02. The molecule has 0 atom stereocenters. The molecule has 0 bridgehead atoms. The van der Waals surface area contributed by atoms with Gasteiger partial charge in [-0.3, -0.25) is 0 Å². The largest absolute Gasteiger partial charge is 0.478 e. The molecular formula is C20H14O6S.